The Balaban J connectivity index is 1.44. The lowest BCUT2D eigenvalue weighted by atomic mass is 10.0. The molecule has 3 heterocycles. The summed E-state index contributed by atoms with van der Waals surface area (Å²) in [5, 5.41) is 4.29. The maximum atomic E-state index is 15.8. The molecule has 3 amide bonds. The highest BCUT2D eigenvalue weighted by Gasteiger charge is 2.39. The first-order valence-electron chi connectivity index (χ1n) is 15.2. The second kappa shape index (κ2) is 9.99. The number of halogens is 1. The van der Waals surface area contributed by atoms with Crippen LogP contribution in [0.25, 0.3) is 0 Å². The summed E-state index contributed by atoms with van der Waals surface area (Å²) in [5.41, 5.74) is 0.0352. The van der Waals surface area contributed by atoms with E-state index in [1.165, 1.54) is 24.3 Å². The molecule has 9 heteroatoms. The zero-order valence-corrected chi connectivity index (χ0v) is 19.9. The summed E-state index contributed by atoms with van der Waals surface area (Å²) >= 11 is 0. The van der Waals surface area contributed by atoms with Gasteiger partial charge in [0.2, 0.25) is 11.8 Å². The molecule has 190 valence electrons. The topological polar surface area (TPSA) is 91.0 Å². The number of piperidine rings is 1. The number of hydrogen-bond donors (Lipinski definition) is 2. The van der Waals surface area contributed by atoms with E-state index in [2.05, 4.69) is 5.32 Å². The number of anilines is 1. The quantitative estimate of drug-likeness (QED) is 0.592. The van der Waals surface area contributed by atoms with E-state index >= 15 is 4.39 Å². The highest BCUT2D eigenvalue weighted by atomic mass is 19.1. The number of fused-ring (bicyclic) bond motifs is 1. The molecule has 2 fully saturated rings. The molecule has 0 saturated carbocycles. The second-order valence-electron chi connectivity index (χ2n) is 9.08. The van der Waals surface area contributed by atoms with E-state index in [1.54, 1.807) is 17.4 Å². The van der Waals surface area contributed by atoms with Crippen LogP contribution in [0.3, 0.4) is 0 Å². The molecule has 5 rings (SSSR count). The van der Waals surface area contributed by atoms with Crippen molar-refractivity contribution in [2.24, 2.45) is 0 Å². The first-order valence-corrected chi connectivity index (χ1v) is 11.7. The maximum Gasteiger partial charge on any atom is 0.255 e. The predicted octanol–water partition coefficient (Wildman–Crippen LogP) is 2.81. The van der Waals surface area contributed by atoms with Crippen molar-refractivity contribution in [1.82, 2.24) is 15.1 Å². The largest absolute Gasteiger partial charge is 0.381 e. The third-order valence-electron chi connectivity index (χ3n) is 6.27. The number of carbonyl (C=O) groups excluding carboxylic acids is 3. The van der Waals surface area contributed by atoms with Crippen LogP contribution in [-0.2, 0) is 33.9 Å². The number of benzene rings is 2. The number of nitrogens with zero attached hydrogens (tertiary/aromatic N) is 2. The Morgan fingerprint density at radius 1 is 1.17 bits per heavy atom. The Morgan fingerprint density at radius 2 is 1.89 bits per heavy atom. The average molecular weight is 502 g/mol. The molecule has 36 heavy (non-hydrogen) atoms. The molecule has 2 aromatic carbocycles. The minimum atomic E-state index is -3.45. The highest BCUT2D eigenvalue weighted by Crippen LogP contribution is 2.32. The second-order valence-corrected chi connectivity index (χ2v) is 9.08. The summed E-state index contributed by atoms with van der Waals surface area (Å²) in [5.74, 6) is -4.81. The van der Waals surface area contributed by atoms with Gasteiger partial charge in [-0.2, -0.15) is 0 Å². The van der Waals surface area contributed by atoms with Gasteiger partial charge in [-0.25, -0.2) is 4.39 Å². The Bertz CT molecular complexity index is 1500. The fourth-order valence-electron chi connectivity index (χ4n) is 4.77. The number of morpholine rings is 1. The van der Waals surface area contributed by atoms with Crippen LogP contribution in [0.4, 0.5) is 10.1 Å². The zero-order valence-electron chi connectivity index (χ0n) is 26.9. The minimum Gasteiger partial charge on any atom is -0.381 e. The molecule has 2 saturated heterocycles. The molecule has 3 aliphatic rings. The van der Waals surface area contributed by atoms with Crippen LogP contribution >= 0.6 is 0 Å². The van der Waals surface area contributed by atoms with E-state index in [0.717, 1.165) is 0 Å². The third-order valence-corrected chi connectivity index (χ3v) is 6.27. The summed E-state index contributed by atoms with van der Waals surface area (Å²) < 4.78 is 80.1. The van der Waals surface area contributed by atoms with Crippen LogP contribution in [0, 0.1) is 5.82 Å². The van der Waals surface area contributed by atoms with Crippen molar-refractivity contribution in [1.29, 1.82) is 0 Å². The van der Waals surface area contributed by atoms with Gasteiger partial charge in [0.25, 0.3) is 5.91 Å². The molecular formula is C27H31FN4O4. The third kappa shape index (κ3) is 4.85. The normalized spacial score (nSPS) is 32.7. The van der Waals surface area contributed by atoms with Gasteiger partial charge in [0.15, 0.2) is 0 Å². The molecule has 0 spiro atoms. The van der Waals surface area contributed by atoms with E-state index in [-0.39, 0.29) is 46.7 Å². The van der Waals surface area contributed by atoms with Gasteiger partial charge in [0.1, 0.15) is 11.8 Å². The van der Waals surface area contributed by atoms with Gasteiger partial charge in [-0.05, 0) is 32.4 Å². The fourth-order valence-corrected chi connectivity index (χ4v) is 4.77. The van der Waals surface area contributed by atoms with Gasteiger partial charge < -0.3 is 15.0 Å². The fraction of sp³-hybridized carbons (Fsp3) is 0.444. The van der Waals surface area contributed by atoms with E-state index in [1.807, 2.05) is 18.7 Å². The van der Waals surface area contributed by atoms with Crippen LogP contribution in [0.1, 0.15) is 63.2 Å². The minimum absolute atomic E-state index is 0.0263. The number of imide groups is 1. The summed E-state index contributed by atoms with van der Waals surface area (Å²) in [6.45, 7) is 2.18. The van der Waals surface area contributed by atoms with Crippen molar-refractivity contribution < 1.29 is 33.1 Å². The smallest absolute Gasteiger partial charge is 0.255 e. The van der Waals surface area contributed by atoms with Crippen LogP contribution < -0.4 is 10.6 Å². The lowest BCUT2D eigenvalue weighted by Gasteiger charge is -2.35. The average Bonchev–Trinajstić information content (AvgIpc) is 3.25. The van der Waals surface area contributed by atoms with Gasteiger partial charge in [0.05, 0.1) is 16.3 Å². The molecule has 0 aliphatic carbocycles. The summed E-state index contributed by atoms with van der Waals surface area (Å²) in [6, 6.07) is 5.41. The van der Waals surface area contributed by atoms with E-state index in [4.69, 9.17) is 14.3 Å². The zero-order chi connectivity index (χ0) is 31.7. The molecular weight excluding hydrogens is 463 g/mol. The maximum absolute atomic E-state index is 15.8. The summed E-state index contributed by atoms with van der Waals surface area (Å²) in [4.78, 5) is 40.8. The Kier molecular flexibility index (Phi) is 4.77. The van der Waals surface area contributed by atoms with Crippen LogP contribution in [0.5, 0.6) is 0 Å². The molecule has 8 nitrogen and oxygen atoms in total. The standard InChI is InChI=1S/C27H31FN4O4/c1-16-12-31(13-17(2)36-16)14-19-6-3-5-18(25(19)28)11-29-22-8-4-7-20-21(22)15-32(27(20)35)23-9-10-24(33)30-26(23)34/h3-8,16-17,23,29H,9-15H2,1-2H3,(H,30,33,34)/i9D2,10D2,11D2,23D. The van der Waals surface area contributed by atoms with Gasteiger partial charge in [0, 0.05) is 72.5 Å². The van der Waals surface area contributed by atoms with Crippen molar-refractivity contribution in [2.75, 3.05) is 18.4 Å². The number of ether oxygens (including phenoxy) is 1. The molecule has 3 aliphatic heterocycles. The Labute approximate surface area is 219 Å². The predicted molar refractivity (Wildman–Crippen MR) is 131 cm³/mol. The van der Waals surface area contributed by atoms with Crippen molar-refractivity contribution in [3.63, 3.8) is 0 Å². The summed E-state index contributed by atoms with van der Waals surface area (Å²) in [6.07, 6.45) is -6.85. The molecule has 2 N–H and O–H groups in total. The number of carbonyl (C=O) groups is 3. The highest BCUT2D eigenvalue weighted by molar-refractivity contribution is 6.06. The lowest BCUT2D eigenvalue weighted by Crippen LogP contribution is -2.52. The van der Waals surface area contributed by atoms with Gasteiger partial charge in [-0.1, -0.05) is 24.3 Å². The monoisotopic (exact) mass is 501 g/mol. The molecule has 0 radical (unpaired) electrons. The SMILES string of the molecule is [2H]C([2H])(Nc1cccc2c1CN(C1([2H])C(=O)NC(=O)C([2H])([2H])C1([2H])[2H])C2=O)c1cccc(CN2CC(C)OC(C)C2)c1F. The van der Waals surface area contributed by atoms with Gasteiger partial charge in [-0.15, -0.1) is 0 Å². The number of amides is 3. The number of nitrogens with one attached hydrogen (secondary N) is 2. The first kappa shape index (κ1) is 17.2. The van der Waals surface area contributed by atoms with Gasteiger partial charge >= 0.3 is 0 Å². The molecule has 3 unspecified atom stereocenters. The van der Waals surface area contributed by atoms with Crippen LogP contribution in [0.2, 0.25) is 0 Å². The molecule has 2 aromatic rings. The van der Waals surface area contributed by atoms with Crippen molar-refractivity contribution in [2.45, 2.75) is 64.4 Å². The van der Waals surface area contributed by atoms with E-state index in [9.17, 15) is 14.4 Å². The van der Waals surface area contributed by atoms with Gasteiger partial charge in [-0.3, -0.25) is 24.6 Å². The van der Waals surface area contributed by atoms with Crippen LogP contribution in [0.15, 0.2) is 36.4 Å². The number of hydrogen-bond acceptors (Lipinski definition) is 6. The van der Waals surface area contributed by atoms with E-state index < -0.39 is 55.3 Å². The lowest BCUT2D eigenvalue weighted by molar-refractivity contribution is -0.136. The summed E-state index contributed by atoms with van der Waals surface area (Å²) in [7, 11) is 0. The Morgan fingerprint density at radius 3 is 2.67 bits per heavy atom. The first-order chi connectivity index (χ1) is 19.9. The number of rotatable bonds is 6. The van der Waals surface area contributed by atoms with Crippen molar-refractivity contribution in [3.8, 4) is 0 Å². The molecule has 0 bridgehead atoms. The molecule has 0 aromatic heterocycles. The van der Waals surface area contributed by atoms with E-state index in [0.29, 0.717) is 18.0 Å². The van der Waals surface area contributed by atoms with Crippen LogP contribution in [-0.4, -0.2) is 58.8 Å². The Hall–Kier alpha value is -3.30. The van der Waals surface area contributed by atoms with Crippen molar-refractivity contribution >= 4 is 23.4 Å². The van der Waals surface area contributed by atoms with Crippen molar-refractivity contribution in [3.05, 3.63) is 64.5 Å². The molecule has 3 atom stereocenters.